The summed E-state index contributed by atoms with van der Waals surface area (Å²) >= 11 is 0. The minimum absolute atomic E-state index is 0. The Kier molecular flexibility index (Phi) is 4.47. The molecule has 1 amide bonds. The Morgan fingerprint density at radius 3 is 2.67 bits per heavy atom. The van der Waals surface area contributed by atoms with Crippen LogP contribution >= 0.6 is 12.4 Å². The van der Waals surface area contributed by atoms with E-state index in [1.807, 2.05) is 0 Å². The van der Waals surface area contributed by atoms with Gasteiger partial charge in [-0.3, -0.25) is 4.79 Å². The number of ether oxygens (including phenoxy) is 1. The van der Waals surface area contributed by atoms with Crippen molar-refractivity contribution in [1.29, 1.82) is 0 Å². The Balaban J connectivity index is 0.00000169. The van der Waals surface area contributed by atoms with Crippen molar-refractivity contribution in [3.8, 4) is 5.75 Å². The number of rotatable bonds is 6. The largest absolute Gasteiger partial charge is 0.485 e. The van der Waals surface area contributed by atoms with E-state index in [4.69, 9.17) is 15.0 Å². The first-order valence-electron chi connectivity index (χ1n) is 7.78. The third-order valence-electron chi connectivity index (χ3n) is 4.13. The topological polar surface area (TPSA) is 103 Å². The normalized spacial score (nSPS) is 17.7. The van der Waals surface area contributed by atoms with Crippen LogP contribution in [0.2, 0.25) is 0 Å². The molecule has 1 aromatic heterocycles. The third-order valence-corrected chi connectivity index (χ3v) is 4.13. The molecule has 0 saturated heterocycles. The summed E-state index contributed by atoms with van der Waals surface area (Å²) in [6, 6.07) is 7.14. The first-order chi connectivity index (χ1) is 11.1. The monoisotopic (exact) mass is 350 g/mol. The lowest BCUT2D eigenvalue weighted by atomic mass is 10.2. The van der Waals surface area contributed by atoms with Gasteiger partial charge in [-0.2, -0.15) is 4.98 Å². The van der Waals surface area contributed by atoms with Crippen molar-refractivity contribution in [2.45, 2.75) is 43.7 Å². The van der Waals surface area contributed by atoms with Gasteiger partial charge in [0.15, 0.2) is 6.61 Å². The molecule has 2 fully saturated rings. The Morgan fingerprint density at radius 2 is 2.04 bits per heavy atom. The Morgan fingerprint density at radius 1 is 1.33 bits per heavy atom. The van der Waals surface area contributed by atoms with Crippen molar-refractivity contribution in [3.05, 3.63) is 36.0 Å². The summed E-state index contributed by atoms with van der Waals surface area (Å²) in [5.41, 5.74) is 5.88. The molecular formula is C16H19ClN4O3. The van der Waals surface area contributed by atoms with Gasteiger partial charge < -0.3 is 20.3 Å². The highest BCUT2D eigenvalue weighted by Crippen LogP contribution is 2.38. The smallest absolute Gasteiger partial charge is 0.244 e. The van der Waals surface area contributed by atoms with Crippen molar-refractivity contribution in [3.63, 3.8) is 0 Å². The molecule has 1 heterocycles. The van der Waals surface area contributed by atoms with Crippen LogP contribution < -0.4 is 15.8 Å². The van der Waals surface area contributed by atoms with Gasteiger partial charge in [0.1, 0.15) is 5.75 Å². The van der Waals surface area contributed by atoms with Crippen molar-refractivity contribution >= 4 is 24.0 Å². The molecule has 3 N–H and O–H groups in total. The van der Waals surface area contributed by atoms with E-state index in [0.29, 0.717) is 29.1 Å². The van der Waals surface area contributed by atoms with E-state index >= 15 is 0 Å². The molecule has 0 aliphatic heterocycles. The number of hydrogen-bond acceptors (Lipinski definition) is 6. The van der Waals surface area contributed by atoms with Crippen molar-refractivity contribution < 1.29 is 14.1 Å². The van der Waals surface area contributed by atoms with E-state index in [2.05, 4.69) is 15.5 Å². The van der Waals surface area contributed by atoms with E-state index < -0.39 is 5.54 Å². The second-order valence-electron chi connectivity index (χ2n) is 6.25. The number of hydrogen-bond donors (Lipinski definition) is 2. The average Bonchev–Trinajstić information content (AvgIpc) is 3.48. The van der Waals surface area contributed by atoms with Gasteiger partial charge in [-0.15, -0.1) is 12.4 Å². The minimum Gasteiger partial charge on any atom is -0.485 e. The lowest BCUT2D eigenvalue weighted by molar-refractivity contribution is -0.118. The SMILES string of the molecule is Cl.NC1(C(=O)Nc2ccc(OCc3noc(C4CC4)n3)cc2)CC1. The standard InChI is InChI=1S/C16H18N4O3.ClH/c17-16(7-8-16)15(21)18-11-3-5-12(6-4-11)22-9-13-19-14(23-20-13)10-1-2-10;/h3-6,10H,1-2,7-9,17H2,(H,18,21);1H. The fourth-order valence-electron chi connectivity index (χ4n) is 2.22. The number of nitrogens with one attached hydrogen (secondary N) is 1. The summed E-state index contributed by atoms with van der Waals surface area (Å²) in [4.78, 5) is 16.2. The molecule has 2 aliphatic carbocycles. The second-order valence-corrected chi connectivity index (χ2v) is 6.25. The molecule has 128 valence electrons. The average molecular weight is 351 g/mol. The zero-order chi connectivity index (χ0) is 15.9. The van der Waals surface area contributed by atoms with E-state index in [0.717, 1.165) is 25.7 Å². The van der Waals surface area contributed by atoms with Gasteiger partial charge in [-0.1, -0.05) is 5.16 Å². The predicted octanol–water partition coefficient (Wildman–Crippen LogP) is 2.38. The highest BCUT2D eigenvalue weighted by Gasteiger charge is 2.45. The van der Waals surface area contributed by atoms with E-state index in [1.165, 1.54) is 0 Å². The summed E-state index contributed by atoms with van der Waals surface area (Å²) in [5.74, 6) is 2.23. The van der Waals surface area contributed by atoms with E-state index in [1.54, 1.807) is 24.3 Å². The maximum atomic E-state index is 11.9. The summed E-state index contributed by atoms with van der Waals surface area (Å²) in [7, 11) is 0. The summed E-state index contributed by atoms with van der Waals surface area (Å²) in [5, 5.41) is 6.71. The van der Waals surface area contributed by atoms with Gasteiger partial charge in [0, 0.05) is 11.6 Å². The molecule has 2 aliphatic rings. The van der Waals surface area contributed by atoms with Crippen LogP contribution in [0.5, 0.6) is 5.75 Å². The summed E-state index contributed by atoms with van der Waals surface area (Å²) in [6.45, 7) is 0.258. The van der Waals surface area contributed by atoms with Crippen LogP contribution in [0.1, 0.15) is 43.3 Å². The minimum atomic E-state index is -0.674. The molecule has 2 aromatic rings. The van der Waals surface area contributed by atoms with Crippen molar-refractivity contribution in [2.24, 2.45) is 5.73 Å². The van der Waals surface area contributed by atoms with Gasteiger partial charge in [0.25, 0.3) is 0 Å². The Hall–Kier alpha value is -2.12. The molecule has 0 unspecified atom stereocenters. The predicted molar refractivity (Wildman–Crippen MR) is 89.1 cm³/mol. The van der Waals surface area contributed by atoms with Crippen LogP contribution in [-0.2, 0) is 11.4 Å². The first kappa shape index (κ1) is 16.7. The van der Waals surface area contributed by atoms with Crippen LogP contribution in [0, 0.1) is 0 Å². The first-order valence-corrected chi connectivity index (χ1v) is 7.78. The Labute approximate surface area is 145 Å². The fraction of sp³-hybridized carbons (Fsp3) is 0.438. The lowest BCUT2D eigenvalue weighted by Gasteiger charge is -2.10. The quantitative estimate of drug-likeness (QED) is 0.829. The number of halogens is 1. The van der Waals surface area contributed by atoms with Crippen molar-refractivity contribution in [1.82, 2.24) is 10.1 Å². The Bertz CT molecular complexity index is 723. The van der Waals surface area contributed by atoms with E-state index in [-0.39, 0.29) is 24.9 Å². The lowest BCUT2D eigenvalue weighted by Crippen LogP contribution is -2.37. The molecule has 8 heteroatoms. The number of aromatic nitrogens is 2. The van der Waals surface area contributed by atoms with Crippen LogP contribution in [0.25, 0.3) is 0 Å². The van der Waals surface area contributed by atoms with Gasteiger partial charge in [-0.25, -0.2) is 0 Å². The third kappa shape index (κ3) is 3.68. The van der Waals surface area contributed by atoms with Crippen LogP contribution in [0.3, 0.4) is 0 Å². The van der Waals surface area contributed by atoms with Crippen LogP contribution in [0.4, 0.5) is 5.69 Å². The van der Waals surface area contributed by atoms with Crippen LogP contribution in [-0.4, -0.2) is 21.6 Å². The van der Waals surface area contributed by atoms with Gasteiger partial charge in [-0.05, 0) is 49.9 Å². The number of amides is 1. The van der Waals surface area contributed by atoms with Gasteiger partial charge in [0.05, 0.1) is 5.54 Å². The molecule has 24 heavy (non-hydrogen) atoms. The molecule has 0 bridgehead atoms. The van der Waals surface area contributed by atoms with E-state index in [9.17, 15) is 4.79 Å². The molecule has 1 aromatic carbocycles. The maximum Gasteiger partial charge on any atom is 0.244 e. The second kappa shape index (κ2) is 6.41. The number of nitrogens with zero attached hydrogens (tertiary/aromatic N) is 2. The summed E-state index contributed by atoms with van der Waals surface area (Å²) < 4.78 is 10.8. The summed E-state index contributed by atoms with van der Waals surface area (Å²) in [6.07, 6.45) is 3.74. The maximum absolute atomic E-state index is 11.9. The number of benzene rings is 1. The number of nitrogens with two attached hydrogens (primary N) is 1. The van der Waals surface area contributed by atoms with Crippen LogP contribution in [0.15, 0.2) is 28.8 Å². The number of carbonyl (C=O) groups is 1. The zero-order valence-electron chi connectivity index (χ0n) is 13.0. The molecule has 4 rings (SSSR count). The molecule has 7 nitrogen and oxygen atoms in total. The van der Waals surface area contributed by atoms with Crippen molar-refractivity contribution in [2.75, 3.05) is 5.32 Å². The molecule has 0 atom stereocenters. The molecule has 0 spiro atoms. The highest BCUT2D eigenvalue weighted by molar-refractivity contribution is 6.00. The van der Waals surface area contributed by atoms with Gasteiger partial charge >= 0.3 is 0 Å². The molecular weight excluding hydrogens is 332 g/mol. The molecule has 0 radical (unpaired) electrons. The zero-order valence-corrected chi connectivity index (χ0v) is 13.8. The fourth-order valence-corrected chi connectivity index (χ4v) is 2.22. The molecule has 2 saturated carbocycles. The number of anilines is 1. The highest BCUT2D eigenvalue weighted by atomic mass is 35.5. The number of carbonyl (C=O) groups excluding carboxylic acids is 1. The van der Waals surface area contributed by atoms with Gasteiger partial charge in [0.2, 0.25) is 17.6 Å².